The van der Waals surface area contributed by atoms with Gasteiger partial charge in [-0.05, 0) is 61.7 Å². The smallest absolute Gasteiger partial charge is 0.415 e. The van der Waals surface area contributed by atoms with Crippen molar-refractivity contribution < 1.29 is 42.1 Å². The second kappa shape index (κ2) is 15.5. The maximum atomic E-state index is 12.7. The predicted octanol–water partition coefficient (Wildman–Crippen LogP) is 6.48. The van der Waals surface area contributed by atoms with Gasteiger partial charge in [0.25, 0.3) is 0 Å². The van der Waals surface area contributed by atoms with Gasteiger partial charge in [-0.1, -0.05) is 34.5 Å². The van der Waals surface area contributed by atoms with E-state index in [2.05, 4.69) is 15.9 Å². The number of alkyl halides is 3. The summed E-state index contributed by atoms with van der Waals surface area (Å²) >= 11 is 3.31. The van der Waals surface area contributed by atoms with Crippen molar-refractivity contribution in [2.45, 2.75) is 51.3 Å². The largest absolute Gasteiger partial charge is 0.492 e. The van der Waals surface area contributed by atoms with E-state index in [4.69, 9.17) is 14.2 Å². The third-order valence-electron chi connectivity index (χ3n) is 5.28. The molecule has 0 bridgehead atoms. The lowest BCUT2D eigenvalue weighted by molar-refractivity contribution is -0.150. The van der Waals surface area contributed by atoms with E-state index in [9.17, 15) is 27.9 Å². The third kappa shape index (κ3) is 12.3. The maximum absolute atomic E-state index is 12.7. The van der Waals surface area contributed by atoms with Crippen LogP contribution in [0.1, 0.15) is 38.2 Å². The molecule has 1 unspecified atom stereocenters. The zero-order valence-corrected chi connectivity index (χ0v) is 22.1. The van der Waals surface area contributed by atoms with Crippen LogP contribution in [-0.4, -0.2) is 60.7 Å². The van der Waals surface area contributed by atoms with E-state index in [1.807, 2.05) is 0 Å². The van der Waals surface area contributed by atoms with Gasteiger partial charge in [0.2, 0.25) is 0 Å². The van der Waals surface area contributed by atoms with Gasteiger partial charge in [0.05, 0.1) is 6.54 Å². The van der Waals surface area contributed by atoms with Crippen molar-refractivity contribution in [3.8, 4) is 11.5 Å². The normalized spacial score (nSPS) is 12.1. The molecule has 37 heavy (non-hydrogen) atoms. The van der Waals surface area contributed by atoms with Gasteiger partial charge in [-0.2, -0.15) is 13.2 Å². The molecular weight excluding hydrogens is 559 g/mol. The van der Waals surface area contributed by atoms with Crippen LogP contribution in [0.2, 0.25) is 0 Å². The zero-order valence-electron chi connectivity index (χ0n) is 20.5. The average Bonchev–Trinajstić information content (AvgIpc) is 2.84. The lowest BCUT2D eigenvalue weighted by atomic mass is 10.1. The van der Waals surface area contributed by atoms with Crippen LogP contribution in [0.15, 0.2) is 53.0 Å². The Morgan fingerprint density at radius 3 is 2.22 bits per heavy atom. The minimum atomic E-state index is -4.19. The number of halogens is 4. The molecule has 1 N–H and O–H groups in total. The average molecular weight is 590 g/mol. The van der Waals surface area contributed by atoms with Crippen molar-refractivity contribution in [1.82, 2.24) is 4.90 Å². The standard InChI is InChI=1S/C26H31BrF3NO6/c1-2-35-23(24(32)33)18-19-6-10-21(11-7-19)36-17-16-31(15-5-3-4-14-26(28,29)30)25(34)37-22-12-8-20(27)9-13-22/h6-13,23H,2-5,14-18H2,1H3,(H,32,33). The maximum Gasteiger partial charge on any atom is 0.415 e. The van der Waals surface area contributed by atoms with Crippen molar-refractivity contribution in [3.05, 3.63) is 58.6 Å². The molecule has 2 aromatic rings. The summed E-state index contributed by atoms with van der Waals surface area (Å²) in [7, 11) is 0. The molecule has 0 heterocycles. The second-order valence-corrected chi connectivity index (χ2v) is 9.13. The molecule has 11 heteroatoms. The molecule has 0 fully saturated rings. The Bertz CT molecular complexity index is 970. The number of ether oxygens (including phenoxy) is 3. The Morgan fingerprint density at radius 1 is 0.973 bits per heavy atom. The lowest BCUT2D eigenvalue weighted by Gasteiger charge is -2.22. The molecule has 0 spiro atoms. The van der Waals surface area contributed by atoms with Crippen LogP contribution in [0.5, 0.6) is 11.5 Å². The fourth-order valence-electron chi connectivity index (χ4n) is 3.40. The summed E-state index contributed by atoms with van der Waals surface area (Å²) in [6.07, 6.45) is -5.67. The Kier molecular flexibility index (Phi) is 12.7. The van der Waals surface area contributed by atoms with Crippen molar-refractivity contribution in [1.29, 1.82) is 0 Å². The Balaban J connectivity index is 1.90. The van der Waals surface area contributed by atoms with Crippen molar-refractivity contribution in [3.63, 3.8) is 0 Å². The molecule has 0 radical (unpaired) electrons. The van der Waals surface area contributed by atoms with Crippen molar-refractivity contribution in [2.75, 3.05) is 26.3 Å². The first-order valence-electron chi connectivity index (χ1n) is 11.9. The number of nitrogens with zero attached hydrogens (tertiary/aromatic N) is 1. The Morgan fingerprint density at radius 2 is 1.62 bits per heavy atom. The number of hydrogen-bond donors (Lipinski definition) is 1. The molecule has 0 saturated carbocycles. The topological polar surface area (TPSA) is 85.3 Å². The van der Waals surface area contributed by atoms with Gasteiger partial charge in [-0.15, -0.1) is 0 Å². The van der Waals surface area contributed by atoms with Crippen LogP contribution in [0.25, 0.3) is 0 Å². The first kappa shape index (κ1) is 30.4. The highest BCUT2D eigenvalue weighted by Gasteiger charge is 2.26. The highest BCUT2D eigenvalue weighted by molar-refractivity contribution is 9.10. The number of carboxylic acids is 1. The molecule has 7 nitrogen and oxygen atoms in total. The van der Waals surface area contributed by atoms with E-state index in [-0.39, 0.29) is 32.5 Å². The summed E-state index contributed by atoms with van der Waals surface area (Å²) in [4.78, 5) is 25.4. The number of carbonyl (C=O) groups is 2. The third-order valence-corrected chi connectivity index (χ3v) is 5.81. The molecule has 0 saturated heterocycles. The molecule has 204 valence electrons. The predicted molar refractivity (Wildman–Crippen MR) is 135 cm³/mol. The molecule has 0 aromatic heterocycles. The Hall–Kier alpha value is -2.79. The van der Waals surface area contributed by atoms with Crippen LogP contribution in [0.4, 0.5) is 18.0 Å². The summed E-state index contributed by atoms with van der Waals surface area (Å²) in [5, 5.41) is 9.22. The number of rotatable bonds is 15. The minimum Gasteiger partial charge on any atom is -0.492 e. The van der Waals surface area contributed by atoms with Gasteiger partial charge < -0.3 is 24.2 Å². The highest BCUT2D eigenvalue weighted by Crippen LogP contribution is 2.23. The fraction of sp³-hybridized carbons (Fsp3) is 0.462. The molecule has 1 amide bonds. The zero-order chi connectivity index (χ0) is 27.3. The van der Waals surface area contributed by atoms with E-state index in [1.165, 1.54) is 4.90 Å². The van der Waals surface area contributed by atoms with Crippen LogP contribution in [0, 0.1) is 0 Å². The van der Waals surface area contributed by atoms with E-state index in [0.717, 1.165) is 10.0 Å². The minimum absolute atomic E-state index is 0.00597. The monoisotopic (exact) mass is 589 g/mol. The van der Waals surface area contributed by atoms with E-state index in [0.29, 0.717) is 30.9 Å². The van der Waals surface area contributed by atoms with Gasteiger partial charge in [0.15, 0.2) is 6.10 Å². The Labute approximate surface area is 222 Å². The summed E-state index contributed by atoms with van der Waals surface area (Å²) < 4.78 is 54.4. The molecule has 0 aliphatic heterocycles. The van der Waals surface area contributed by atoms with Crippen LogP contribution in [-0.2, 0) is 16.0 Å². The van der Waals surface area contributed by atoms with Crippen molar-refractivity contribution >= 4 is 28.0 Å². The molecular formula is C26H31BrF3NO6. The summed E-state index contributed by atoms with van der Waals surface area (Å²) in [5.41, 5.74) is 0.770. The molecule has 0 aliphatic rings. The van der Waals surface area contributed by atoms with E-state index in [1.54, 1.807) is 55.5 Å². The second-order valence-electron chi connectivity index (χ2n) is 8.21. The van der Waals surface area contributed by atoms with Crippen LogP contribution in [0.3, 0.4) is 0 Å². The highest BCUT2D eigenvalue weighted by atomic mass is 79.9. The summed E-state index contributed by atoms with van der Waals surface area (Å²) in [6, 6.07) is 13.6. The van der Waals surface area contributed by atoms with E-state index < -0.39 is 30.8 Å². The molecule has 1 atom stereocenters. The van der Waals surface area contributed by atoms with Gasteiger partial charge in [-0.3, -0.25) is 0 Å². The molecule has 2 aromatic carbocycles. The SMILES string of the molecule is CCOC(Cc1ccc(OCCN(CCCCCC(F)(F)F)C(=O)Oc2ccc(Br)cc2)cc1)C(=O)O. The molecule has 0 aliphatic carbocycles. The summed E-state index contributed by atoms with van der Waals surface area (Å²) in [6.45, 7) is 2.55. The first-order chi connectivity index (χ1) is 17.6. The number of carbonyl (C=O) groups excluding carboxylic acids is 1. The number of amides is 1. The van der Waals surface area contributed by atoms with Crippen molar-refractivity contribution in [2.24, 2.45) is 0 Å². The van der Waals surface area contributed by atoms with Gasteiger partial charge in [0.1, 0.15) is 18.1 Å². The van der Waals surface area contributed by atoms with E-state index >= 15 is 0 Å². The van der Waals surface area contributed by atoms with Gasteiger partial charge >= 0.3 is 18.2 Å². The number of carboxylic acid groups (broad SMARTS) is 1. The first-order valence-corrected chi connectivity index (χ1v) is 12.7. The quantitative estimate of drug-likeness (QED) is 0.239. The molecule has 2 rings (SSSR count). The van der Waals surface area contributed by atoms with Crippen LogP contribution < -0.4 is 9.47 Å². The number of unbranched alkanes of at least 4 members (excludes halogenated alkanes) is 2. The van der Waals surface area contributed by atoms with Gasteiger partial charge in [-0.25, -0.2) is 9.59 Å². The summed E-state index contributed by atoms with van der Waals surface area (Å²) in [5.74, 6) is -0.160. The van der Waals surface area contributed by atoms with Crippen LogP contribution >= 0.6 is 15.9 Å². The van der Waals surface area contributed by atoms with Gasteiger partial charge in [0, 0.05) is 30.5 Å². The number of hydrogen-bond acceptors (Lipinski definition) is 5. The number of benzene rings is 2. The lowest BCUT2D eigenvalue weighted by Crippen LogP contribution is -2.37. The fourth-order valence-corrected chi connectivity index (χ4v) is 3.66. The number of aliphatic carboxylic acids is 1.